The van der Waals surface area contributed by atoms with Gasteiger partial charge in [-0.3, -0.25) is 4.98 Å². The number of hydrogen-bond acceptors (Lipinski definition) is 6. The molecule has 3 aromatic rings. The van der Waals surface area contributed by atoms with E-state index in [1.165, 1.54) is 4.88 Å². The van der Waals surface area contributed by atoms with Crippen LogP contribution in [0, 0.1) is 20.8 Å². The van der Waals surface area contributed by atoms with Gasteiger partial charge in [0.25, 0.3) is 0 Å². The van der Waals surface area contributed by atoms with E-state index in [1.807, 2.05) is 13.8 Å². The van der Waals surface area contributed by atoms with Crippen LogP contribution >= 0.6 is 11.3 Å². The van der Waals surface area contributed by atoms with Crippen molar-refractivity contribution < 1.29 is 9.84 Å². The number of hydrogen-bond donors (Lipinski definition) is 1. The summed E-state index contributed by atoms with van der Waals surface area (Å²) >= 11 is 1.72. The standard InChI is InChI=1S/C20H21N3O2S/c1-12-10-21-14(3)20(22-12)23-6-7-25-19-16(11-23)8-15(9-17(19)24)18-5-4-13(2)26-18/h4-5,8-10,24H,6-7,11H2,1-3H3. The van der Waals surface area contributed by atoms with Gasteiger partial charge in [0.2, 0.25) is 0 Å². The highest BCUT2D eigenvalue weighted by molar-refractivity contribution is 7.15. The van der Waals surface area contributed by atoms with Crippen LogP contribution in [0.1, 0.15) is 21.8 Å². The fourth-order valence-corrected chi connectivity index (χ4v) is 4.09. The molecule has 26 heavy (non-hydrogen) atoms. The number of rotatable bonds is 2. The maximum Gasteiger partial charge on any atom is 0.166 e. The molecule has 134 valence electrons. The van der Waals surface area contributed by atoms with Crippen molar-refractivity contribution in [3.8, 4) is 21.9 Å². The summed E-state index contributed by atoms with van der Waals surface area (Å²) in [5.41, 5.74) is 3.76. The van der Waals surface area contributed by atoms with Crippen LogP contribution in [0.2, 0.25) is 0 Å². The molecule has 4 rings (SSSR count). The lowest BCUT2D eigenvalue weighted by Gasteiger charge is -2.22. The molecule has 0 atom stereocenters. The highest BCUT2D eigenvalue weighted by Crippen LogP contribution is 2.40. The maximum absolute atomic E-state index is 10.5. The molecule has 0 radical (unpaired) electrons. The molecule has 0 amide bonds. The number of anilines is 1. The lowest BCUT2D eigenvalue weighted by molar-refractivity contribution is 0.311. The van der Waals surface area contributed by atoms with Gasteiger partial charge in [0.15, 0.2) is 17.3 Å². The number of nitrogens with zero attached hydrogens (tertiary/aromatic N) is 3. The Kier molecular flexibility index (Phi) is 4.28. The van der Waals surface area contributed by atoms with Gasteiger partial charge in [-0.05, 0) is 50.6 Å². The van der Waals surface area contributed by atoms with Gasteiger partial charge in [-0.2, -0.15) is 0 Å². The maximum atomic E-state index is 10.5. The first-order chi connectivity index (χ1) is 12.5. The number of benzene rings is 1. The molecule has 1 aromatic carbocycles. The number of phenolic OH excluding ortho intramolecular Hbond substituents is 1. The van der Waals surface area contributed by atoms with E-state index in [-0.39, 0.29) is 5.75 Å². The molecule has 0 bridgehead atoms. The van der Waals surface area contributed by atoms with E-state index in [0.29, 0.717) is 25.4 Å². The first-order valence-corrected chi connectivity index (χ1v) is 9.43. The van der Waals surface area contributed by atoms with Gasteiger partial charge < -0.3 is 14.7 Å². The largest absolute Gasteiger partial charge is 0.504 e. The zero-order chi connectivity index (χ0) is 18.3. The second-order valence-corrected chi connectivity index (χ2v) is 7.87. The number of aryl methyl sites for hydroxylation is 3. The molecule has 0 aliphatic carbocycles. The molecule has 3 heterocycles. The van der Waals surface area contributed by atoms with Gasteiger partial charge >= 0.3 is 0 Å². The van der Waals surface area contributed by atoms with Crippen LogP contribution in [-0.2, 0) is 6.54 Å². The molecular formula is C20H21N3O2S. The Bertz CT molecular complexity index is 968. The Balaban J connectivity index is 1.75. The smallest absolute Gasteiger partial charge is 0.166 e. The van der Waals surface area contributed by atoms with Crippen molar-refractivity contribution in [3.63, 3.8) is 0 Å². The first-order valence-electron chi connectivity index (χ1n) is 8.62. The molecule has 2 aromatic heterocycles. The minimum absolute atomic E-state index is 0.192. The Morgan fingerprint density at radius 2 is 2.04 bits per heavy atom. The summed E-state index contributed by atoms with van der Waals surface area (Å²) in [7, 11) is 0. The van der Waals surface area contributed by atoms with E-state index in [2.05, 4.69) is 40.0 Å². The van der Waals surface area contributed by atoms with Crippen LogP contribution < -0.4 is 9.64 Å². The van der Waals surface area contributed by atoms with Crippen molar-refractivity contribution in [2.45, 2.75) is 27.3 Å². The van der Waals surface area contributed by atoms with Gasteiger partial charge in [0, 0.05) is 28.1 Å². The summed E-state index contributed by atoms with van der Waals surface area (Å²) in [6.07, 6.45) is 1.78. The predicted octanol–water partition coefficient (Wildman–Crippen LogP) is 4.23. The molecule has 0 unspecified atom stereocenters. The monoisotopic (exact) mass is 367 g/mol. The summed E-state index contributed by atoms with van der Waals surface area (Å²) in [5, 5.41) is 10.5. The number of ether oxygens (including phenoxy) is 1. The number of aromatic hydroxyl groups is 1. The molecule has 0 fully saturated rings. The van der Waals surface area contributed by atoms with Crippen molar-refractivity contribution in [1.82, 2.24) is 9.97 Å². The Labute approximate surface area is 156 Å². The molecule has 0 saturated heterocycles. The summed E-state index contributed by atoms with van der Waals surface area (Å²) in [5.74, 6) is 1.64. The minimum atomic E-state index is 0.192. The van der Waals surface area contributed by atoms with E-state index in [1.54, 1.807) is 23.6 Å². The molecule has 1 aliphatic rings. The molecular weight excluding hydrogens is 346 g/mol. The molecule has 1 N–H and O–H groups in total. The van der Waals surface area contributed by atoms with Gasteiger partial charge in [-0.15, -0.1) is 11.3 Å². The molecule has 5 nitrogen and oxygen atoms in total. The summed E-state index contributed by atoms with van der Waals surface area (Å²) in [4.78, 5) is 13.7. The van der Waals surface area contributed by atoms with Gasteiger partial charge in [0.05, 0.1) is 17.9 Å². The third kappa shape index (κ3) is 3.12. The average Bonchev–Trinajstić information content (AvgIpc) is 2.92. The fourth-order valence-electron chi connectivity index (χ4n) is 3.24. The van der Waals surface area contributed by atoms with Gasteiger partial charge in [0.1, 0.15) is 6.61 Å². The molecule has 0 spiro atoms. The lowest BCUT2D eigenvalue weighted by Crippen LogP contribution is -2.27. The van der Waals surface area contributed by atoms with Crippen molar-refractivity contribution in [2.24, 2.45) is 0 Å². The summed E-state index contributed by atoms with van der Waals surface area (Å²) < 4.78 is 5.86. The third-order valence-corrected chi connectivity index (χ3v) is 5.54. The number of aromatic nitrogens is 2. The second kappa shape index (κ2) is 6.61. The van der Waals surface area contributed by atoms with Crippen LogP contribution in [0.5, 0.6) is 11.5 Å². The third-order valence-electron chi connectivity index (χ3n) is 4.49. The highest BCUT2D eigenvalue weighted by atomic mass is 32.1. The minimum Gasteiger partial charge on any atom is -0.504 e. The number of thiophene rings is 1. The van der Waals surface area contributed by atoms with E-state index in [9.17, 15) is 5.11 Å². The van der Waals surface area contributed by atoms with E-state index < -0.39 is 0 Å². The SMILES string of the molecule is Cc1cnc(C)c(N2CCOc3c(O)cc(-c4ccc(C)s4)cc3C2)n1. The van der Waals surface area contributed by atoms with Gasteiger partial charge in [-0.25, -0.2) is 4.98 Å². The number of phenols is 1. The summed E-state index contributed by atoms with van der Waals surface area (Å²) in [6.45, 7) is 7.81. The lowest BCUT2D eigenvalue weighted by atomic mass is 10.1. The fraction of sp³-hybridized carbons (Fsp3) is 0.300. The van der Waals surface area contributed by atoms with E-state index in [0.717, 1.165) is 33.2 Å². The first kappa shape index (κ1) is 16.8. The van der Waals surface area contributed by atoms with Crippen LogP contribution in [0.4, 0.5) is 5.82 Å². The second-order valence-electron chi connectivity index (χ2n) is 6.58. The average molecular weight is 367 g/mol. The highest BCUT2D eigenvalue weighted by Gasteiger charge is 2.22. The topological polar surface area (TPSA) is 58.5 Å². The summed E-state index contributed by atoms with van der Waals surface area (Å²) in [6, 6.07) is 8.08. The van der Waals surface area contributed by atoms with Gasteiger partial charge in [-0.1, -0.05) is 0 Å². The zero-order valence-electron chi connectivity index (χ0n) is 15.1. The Morgan fingerprint density at radius 3 is 2.81 bits per heavy atom. The Hall–Kier alpha value is -2.60. The van der Waals surface area contributed by atoms with Crippen molar-refractivity contribution in [3.05, 3.63) is 52.3 Å². The van der Waals surface area contributed by atoms with Crippen molar-refractivity contribution >= 4 is 17.2 Å². The molecule has 6 heteroatoms. The number of fused-ring (bicyclic) bond motifs is 1. The predicted molar refractivity (Wildman–Crippen MR) is 104 cm³/mol. The Morgan fingerprint density at radius 1 is 1.19 bits per heavy atom. The van der Waals surface area contributed by atoms with Crippen LogP contribution in [0.25, 0.3) is 10.4 Å². The van der Waals surface area contributed by atoms with Crippen LogP contribution in [-0.4, -0.2) is 28.2 Å². The zero-order valence-corrected chi connectivity index (χ0v) is 15.9. The quantitative estimate of drug-likeness (QED) is 0.734. The van der Waals surface area contributed by atoms with E-state index in [4.69, 9.17) is 4.74 Å². The van der Waals surface area contributed by atoms with E-state index >= 15 is 0 Å². The van der Waals surface area contributed by atoms with Crippen LogP contribution in [0.3, 0.4) is 0 Å². The molecule has 1 aliphatic heterocycles. The van der Waals surface area contributed by atoms with Crippen LogP contribution in [0.15, 0.2) is 30.5 Å². The van der Waals surface area contributed by atoms with Crippen molar-refractivity contribution in [2.75, 3.05) is 18.1 Å². The van der Waals surface area contributed by atoms with Crippen molar-refractivity contribution in [1.29, 1.82) is 0 Å². The molecule has 0 saturated carbocycles. The normalized spacial score (nSPS) is 13.9.